The second-order valence-electron chi connectivity index (χ2n) is 7.37. The first-order valence-electron chi connectivity index (χ1n) is 10.0. The first-order chi connectivity index (χ1) is 15.0. The summed E-state index contributed by atoms with van der Waals surface area (Å²) >= 11 is 6.07. The van der Waals surface area contributed by atoms with Crippen LogP contribution in [0.25, 0.3) is 0 Å². The van der Waals surface area contributed by atoms with Gasteiger partial charge in [-0.2, -0.15) is 4.31 Å². The van der Waals surface area contributed by atoms with Crippen LogP contribution in [0.3, 0.4) is 0 Å². The second kappa shape index (κ2) is 9.18. The maximum Gasteiger partial charge on any atom is 0.257 e. The van der Waals surface area contributed by atoms with Gasteiger partial charge in [0.1, 0.15) is 0 Å². The molecule has 1 amide bonds. The number of hydrogen-bond donors (Lipinski definition) is 1. The van der Waals surface area contributed by atoms with Gasteiger partial charge >= 0.3 is 0 Å². The predicted molar refractivity (Wildman–Crippen MR) is 121 cm³/mol. The lowest BCUT2D eigenvalue weighted by Crippen LogP contribution is -2.38. The van der Waals surface area contributed by atoms with Gasteiger partial charge in [-0.3, -0.25) is 9.78 Å². The highest BCUT2D eigenvalue weighted by atomic mass is 35.5. The molecule has 0 spiro atoms. The molecule has 1 aromatic heterocycles. The van der Waals surface area contributed by atoms with Gasteiger partial charge in [0.25, 0.3) is 5.91 Å². The fraction of sp³-hybridized carbons (Fsp3) is 0.217. The van der Waals surface area contributed by atoms with Crippen molar-refractivity contribution in [3.05, 3.63) is 89.2 Å². The van der Waals surface area contributed by atoms with E-state index < -0.39 is 10.0 Å². The molecule has 1 saturated heterocycles. The Bertz CT molecular complexity index is 1170. The third kappa shape index (κ3) is 4.63. The lowest BCUT2D eigenvalue weighted by Gasteiger charge is -2.34. The van der Waals surface area contributed by atoms with Gasteiger partial charge in [-0.05, 0) is 60.9 Å². The zero-order chi connectivity index (χ0) is 21.8. The Labute approximate surface area is 186 Å². The van der Waals surface area contributed by atoms with Crippen molar-refractivity contribution in [1.29, 1.82) is 0 Å². The van der Waals surface area contributed by atoms with Gasteiger partial charge in [0, 0.05) is 24.6 Å². The van der Waals surface area contributed by atoms with Crippen LogP contribution in [0.15, 0.2) is 78.0 Å². The fourth-order valence-electron chi connectivity index (χ4n) is 3.79. The van der Waals surface area contributed by atoms with Crippen molar-refractivity contribution in [3.63, 3.8) is 0 Å². The average molecular weight is 456 g/mol. The molecule has 2 heterocycles. The van der Waals surface area contributed by atoms with Crippen LogP contribution in [0.2, 0.25) is 5.02 Å². The van der Waals surface area contributed by atoms with Crippen LogP contribution in [-0.2, 0) is 10.0 Å². The number of carbonyl (C=O) groups is 1. The molecule has 1 fully saturated rings. The molecular weight excluding hydrogens is 434 g/mol. The quantitative estimate of drug-likeness (QED) is 0.593. The van der Waals surface area contributed by atoms with Gasteiger partial charge in [0.05, 0.1) is 21.5 Å². The molecule has 8 heteroatoms. The van der Waals surface area contributed by atoms with Crippen molar-refractivity contribution in [2.24, 2.45) is 0 Å². The Hall–Kier alpha value is -2.74. The lowest BCUT2D eigenvalue weighted by atomic mass is 9.99. The lowest BCUT2D eigenvalue weighted by molar-refractivity contribution is 0.102. The second-order valence-corrected chi connectivity index (χ2v) is 9.67. The highest BCUT2D eigenvalue weighted by Crippen LogP contribution is 2.35. The molecule has 1 aliphatic heterocycles. The fourth-order valence-corrected chi connectivity index (χ4v) is 5.69. The van der Waals surface area contributed by atoms with Crippen LogP contribution in [0, 0.1) is 0 Å². The normalized spacial score (nSPS) is 17.3. The van der Waals surface area contributed by atoms with Gasteiger partial charge in [-0.15, -0.1) is 0 Å². The standard InChI is InChI=1S/C23H22ClN3O3S/c24-21-8-2-1-7-20(21)23(28)26-18-10-12-19(13-11-18)31(29,30)27-15-4-3-9-22(27)17-6-5-14-25-16-17/h1-2,5-8,10-14,16,22H,3-4,9,15H2,(H,26,28)/t22-/m0/s1. The van der Waals surface area contributed by atoms with Crippen molar-refractivity contribution in [2.45, 2.75) is 30.2 Å². The number of rotatable bonds is 5. The number of pyridine rings is 1. The predicted octanol–water partition coefficient (Wildman–Crippen LogP) is 4.90. The summed E-state index contributed by atoms with van der Waals surface area (Å²) in [6.07, 6.45) is 5.96. The average Bonchev–Trinajstić information content (AvgIpc) is 2.80. The van der Waals surface area contributed by atoms with E-state index in [2.05, 4.69) is 10.3 Å². The molecule has 3 aromatic rings. The van der Waals surface area contributed by atoms with Crippen LogP contribution in [0.1, 0.15) is 41.2 Å². The summed E-state index contributed by atoms with van der Waals surface area (Å²) in [6, 6.07) is 16.5. The summed E-state index contributed by atoms with van der Waals surface area (Å²) in [6.45, 7) is 0.465. The molecule has 0 radical (unpaired) electrons. The molecule has 0 saturated carbocycles. The Morgan fingerprint density at radius 3 is 2.52 bits per heavy atom. The first-order valence-corrected chi connectivity index (χ1v) is 11.9. The number of amides is 1. The number of halogens is 1. The number of nitrogens with one attached hydrogen (secondary N) is 1. The summed E-state index contributed by atoms with van der Waals surface area (Å²) in [5.74, 6) is -0.353. The molecular formula is C23H22ClN3O3S. The SMILES string of the molecule is O=C(Nc1ccc(S(=O)(=O)N2CCCC[C@H]2c2cccnc2)cc1)c1ccccc1Cl. The van der Waals surface area contributed by atoms with E-state index in [0.29, 0.717) is 22.8 Å². The molecule has 160 valence electrons. The van der Waals surface area contributed by atoms with Crippen LogP contribution < -0.4 is 5.32 Å². The number of nitrogens with zero attached hydrogens (tertiary/aromatic N) is 2. The van der Waals surface area contributed by atoms with Gasteiger partial charge < -0.3 is 5.32 Å². The third-order valence-electron chi connectivity index (χ3n) is 5.36. The van der Waals surface area contributed by atoms with Crippen molar-refractivity contribution >= 4 is 33.2 Å². The largest absolute Gasteiger partial charge is 0.322 e. The monoisotopic (exact) mass is 455 g/mol. The topological polar surface area (TPSA) is 79.4 Å². The Balaban J connectivity index is 1.55. The molecule has 1 atom stereocenters. The van der Waals surface area contributed by atoms with Crippen molar-refractivity contribution in [3.8, 4) is 0 Å². The number of anilines is 1. The molecule has 31 heavy (non-hydrogen) atoms. The summed E-state index contributed by atoms with van der Waals surface area (Å²) < 4.78 is 28.3. The Morgan fingerprint density at radius 1 is 1.03 bits per heavy atom. The van der Waals surface area contributed by atoms with Crippen molar-refractivity contribution in [1.82, 2.24) is 9.29 Å². The molecule has 4 rings (SSSR count). The molecule has 0 aliphatic carbocycles. The van der Waals surface area contributed by atoms with Crippen LogP contribution in [0.5, 0.6) is 0 Å². The third-order valence-corrected chi connectivity index (χ3v) is 7.61. The molecule has 0 unspecified atom stereocenters. The molecule has 1 aliphatic rings. The molecule has 0 bridgehead atoms. The van der Waals surface area contributed by atoms with Crippen LogP contribution in [0.4, 0.5) is 5.69 Å². The van der Waals surface area contributed by atoms with E-state index in [-0.39, 0.29) is 16.8 Å². The minimum Gasteiger partial charge on any atom is -0.322 e. The van der Waals surface area contributed by atoms with E-state index in [4.69, 9.17) is 11.6 Å². The highest BCUT2D eigenvalue weighted by molar-refractivity contribution is 7.89. The maximum absolute atomic E-state index is 13.4. The summed E-state index contributed by atoms with van der Waals surface area (Å²) in [4.78, 5) is 16.8. The van der Waals surface area contributed by atoms with E-state index in [1.807, 2.05) is 12.1 Å². The number of hydrogen-bond acceptors (Lipinski definition) is 4. The number of benzene rings is 2. The van der Waals surface area contributed by atoms with E-state index in [9.17, 15) is 13.2 Å². The number of carbonyl (C=O) groups excluding carboxylic acids is 1. The molecule has 2 aromatic carbocycles. The molecule has 6 nitrogen and oxygen atoms in total. The van der Waals surface area contributed by atoms with E-state index in [0.717, 1.165) is 24.8 Å². The number of sulfonamides is 1. The van der Waals surface area contributed by atoms with Crippen molar-refractivity contribution in [2.75, 3.05) is 11.9 Å². The number of piperidine rings is 1. The zero-order valence-corrected chi connectivity index (χ0v) is 18.3. The van der Waals surface area contributed by atoms with E-state index in [1.54, 1.807) is 53.1 Å². The van der Waals surface area contributed by atoms with Gasteiger partial charge in [0.2, 0.25) is 10.0 Å². The summed E-state index contributed by atoms with van der Waals surface area (Å²) in [5.41, 5.74) is 1.74. The van der Waals surface area contributed by atoms with E-state index >= 15 is 0 Å². The van der Waals surface area contributed by atoms with E-state index in [1.165, 1.54) is 12.1 Å². The van der Waals surface area contributed by atoms with Gasteiger partial charge in [-0.25, -0.2) is 8.42 Å². The van der Waals surface area contributed by atoms with Crippen molar-refractivity contribution < 1.29 is 13.2 Å². The maximum atomic E-state index is 13.4. The smallest absolute Gasteiger partial charge is 0.257 e. The Kier molecular flexibility index (Phi) is 6.36. The molecule has 1 N–H and O–H groups in total. The number of aromatic nitrogens is 1. The Morgan fingerprint density at radius 2 is 1.81 bits per heavy atom. The van der Waals surface area contributed by atoms with Gasteiger partial charge in [0.15, 0.2) is 0 Å². The minimum absolute atomic E-state index is 0.194. The highest BCUT2D eigenvalue weighted by Gasteiger charge is 2.34. The first kappa shape index (κ1) is 21.5. The van der Waals surface area contributed by atoms with Crippen LogP contribution >= 0.6 is 11.6 Å². The summed E-state index contributed by atoms with van der Waals surface area (Å²) in [5, 5.41) is 3.10. The minimum atomic E-state index is -3.69. The summed E-state index contributed by atoms with van der Waals surface area (Å²) in [7, 11) is -3.69. The van der Waals surface area contributed by atoms with Crippen LogP contribution in [-0.4, -0.2) is 30.2 Å². The van der Waals surface area contributed by atoms with Gasteiger partial charge in [-0.1, -0.05) is 36.2 Å². The zero-order valence-electron chi connectivity index (χ0n) is 16.7.